The number of rotatable bonds is 1. The van der Waals surface area contributed by atoms with Gasteiger partial charge in [0.2, 0.25) is 0 Å². The van der Waals surface area contributed by atoms with E-state index in [1.54, 1.807) is 0 Å². The largest absolute Gasteiger partial charge is 0.504 e. The number of benzene rings is 2. The Hall–Kier alpha value is -1.97. The molecular weight excluding hydrogens is 217 g/mol. The van der Waals surface area contributed by atoms with Gasteiger partial charge in [0.1, 0.15) is 11.6 Å². The van der Waals surface area contributed by atoms with Crippen molar-refractivity contribution in [1.82, 2.24) is 0 Å². The summed E-state index contributed by atoms with van der Waals surface area (Å²) in [5, 5.41) is 9.39. The van der Waals surface area contributed by atoms with Crippen molar-refractivity contribution in [2.24, 2.45) is 0 Å². The van der Waals surface area contributed by atoms with Gasteiger partial charge >= 0.3 is 0 Å². The maximum Gasteiger partial charge on any atom is 0.168 e. The van der Waals surface area contributed by atoms with Gasteiger partial charge in [0, 0.05) is 17.2 Å². The Labute approximate surface area is 89.8 Å². The molecule has 4 heteroatoms. The SMILES string of the molecule is Oc1c(F)cc(F)cc1-c1ccccc1F. The number of hydrogen-bond acceptors (Lipinski definition) is 1. The summed E-state index contributed by atoms with van der Waals surface area (Å²) in [7, 11) is 0. The topological polar surface area (TPSA) is 20.2 Å². The Morgan fingerprint density at radius 2 is 1.50 bits per heavy atom. The van der Waals surface area contributed by atoms with E-state index in [1.165, 1.54) is 18.2 Å². The minimum absolute atomic E-state index is 0.0431. The first-order valence-corrected chi connectivity index (χ1v) is 4.52. The maximum atomic E-state index is 13.4. The Balaban J connectivity index is 2.69. The van der Waals surface area contributed by atoms with Crippen LogP contribution in [0.25, 0.3) is 11.1 Å². The second-order valence-corrected chi connectivity index (χ2v) is 3.26. The lowest BCUT2D eigenvalue weighted by Gasteiger charge is -2.06. The standard InChI is InChI=1S/C12H7F3O/c13-7-5-9(12(16)11(15)6-7)8-3-1-2-4-10(8)14/h1-6,16H. The molecule has 16 heavy (non-hydrogen) atoms. The molecule has 0 unspecified atom stereocenters. The molecule has 0 bridgehead atoms. The molecule has 2 rings (SSSR count). The molecule has 0 amide bonds. The van der Waals surface area contributed by atoms with E-state index in [4.69, 9.17) is 0 Å². The zero-order valence-corrected chi connectivity index (χ0v) is 8.05. The summed E-state index contributed by atoms with van der Waals surface area (Å²) in [4.78, 5) is 0. The van der Waals surface area contributed by atoms with Gasteiger partial charge in [0.05, 0.1) is 0 Å². The molecule has 0 saturated carbocycles. The van der Waals surface area contributed by atoms with Crippen LogP contribution < -0.4 is 0 Å². The van der Waals surface area contributed by atoms with E-state index in [0.29, 0.717) is 6.07 Å². The Kier molecular flexibility index (Phi) is 2.56. The van der Waals surface area contributed by atoms with Crippen molar-refractivity contribution >= 4 is 0 Å². The van der Waals surface area contributed by atoms with Gasteiger partial charge in [-0.05, 0) is 12.1 Å². The summed E-state index contributed by atoms with van der Waals surface area (Å²) in [6, 6.07) is 6.88. The highest BCUT2D eigenvalue weighted by Crippen LogP contribution is 2.33. The van der Waals surface area contributed by atoms with Crippen LogP contribution in [0, 0.1) is 17.5 Å². The monoisotopic (exact) mass is 224 g/mol. The van der Waals surface area contributed by atoms with E-state index >= 15 is 0 Å². The molecule has 82 valence electrons. The first kappa shape index (κ1) is 10.5. The number of phenols is 1. The molecule has 2 aromatic rings. The molecule has 0 radical (unpaired) electrons. The molecule has 0 aromatic heterocycles. The molecular formula is C12H7F3O. The van der Waals surface area contributed by atoms with Gasteiger partial charge in [0.25, 0.3) is 0 Å². The van der Waals surface area contributed by atoms with Gasteiger partial charge in [-0.15, -0.1) is 0 Å². The number of hydrogen-bond donors (Lipinski definition) is 1. The fourth-order valence-corrected chi connectivity index (χ4v) is 1.45. The second-order valence-electron chi connectivity index (χ2n) is 3.26. The lowest BCUT2D eigenvalue weighted by atomic mass is 10.0. The van der Waals surface area contributed by atoms with Crippen LogP contribution in [0.5, 0.6) is 5.75 Å². The minimum Gasteiger partial charge on any atom is -0.504 e. The number of halogens is 3. The van der Waals surface area contributed by atoms with E-state index < -0.39 is 23.2 Å². The highest BCUT2D eigenvalue weighted by Gasteiger charge is 2.14. The van der Waals surface area contributed by atoms with Crippen LogP contribution in [0.2, 0.25) is 0 Å². The van der Waals surface area contributed by atoms with Crippen molar-refractivity contribution in [1.29, 1.82) is 0 Å². The molecule has 1 nitrogen and oxygen atoms in total. The summed E-state index contributed by atoms with van der Waals surface area (Å²) in [5.74, 6) is -3.39. The third-order valence-electron chi connectivity index (χ3n) is 2.19. The summed E-state index contributed by atoms with van der Waals surface area (Å²) >= 11 is 0. The average Bonchev–Trinajstić information content (AvgIpc) is 2.24. The van der Waals surface area contributed by atoms with Gasteiger partial charge in [-0.2, -0.15) is 0 Å². The summed E-state index contributed by atoms with van der Waals surface area (Å²) < 4.78 is 39.4. The highest BCUT2D eigenvalue weighted by atomic mass is 19.1. The van der Waals surface area contributed by atoms with Gasteiger partial charge in [-0.25, -0.2) is 13.2 Å². The Morgan fingerprint density at radius 3 is 2.19 bits per heavy atom. The molecule has 0 fully saturated rings. The van der Waals surface area contributed by atoms with E-state index in [1.807, 2.05) is 0 Å². The van der Waals surface area contributed by atoms with Crippen LogP contribution in [-0.2, 0) is 0 Å². The van der Waals surface area contributed by atoms with Crippen LogP contribution in [0.4, 0.5) is 13.2 Å². The average molecular weight is 224 g/mol. The zero-order chi connectivity index (χ0) is 11.7. The Bertz CT molecular complexity index is 538. The molecule has 1 N–H and O–H groups in total. The van der Waals surface area contributed by atoms with Gasteiger partial charge in [0.15, 0.2) is 11.6 Å². The predicted octanol–water partition coefficient (Wildman–Crippen LogP) is 3.48. The van der Waals surface area contributed by atoms with E-state index in [0.717, 1.165) is 12.1 Å². The van der Waals surface area contributed by atoms with E-state index in [2.05, 4.69) is 0 Å². The van der Waals surface area contributed by atoms with Crippen LogP contribution >= 0.6 is 0 Å². The normalized spacial score (nSPS) is 10.4. The highest BCUT2D eigenvalue weighted by molar-refractivity contribution is 5.70. The fourth-order valence-electron chi connectivity index (χ4n) is 1.45. The van der Waals surface area contributed by atoms with E-state index in [-0.39, 0.29) is 11.1 Å². The first-order valence-electron chi connectivity index (χ1n) is 4.52. The third kappa shape index (κ3) is 1.74. The molecule has 2 aromatic carbocycles. The molecule has 0 spiro atoms. The molecule has 0 aliphatic rings. The summed E-state index contributed by atoms with van der Waals surface area (Å²) in [6.07, 6.45) is 0. The van der Waals surface area contributed by atoms with Crippen molar-refractivity contribution < 1.29 is 18.3 Å². The quantitative estimate of drug-likeness (QED) is 0.786. The minimum atomic E-state index is -1.11. The van der Waals surface area contributed by atoms with Gasteiger partial charge < -0.3 is 5.11 Å². The molecule has 0 heterocycles. The van der Waals surface area contributed by atoms with Crippen LogP contribution in [-0.4, -0.2) is 5.11 Å². The maximum absolute atomic E-state index is 13.4. The fraction of sp³-hybridized carbons (Fsp3) is 0. The first-order chi connectivity index (χ1) is 7.59. The van der Waals surface area contributed by atoms with Gasteiger partial charge in [-0.1, -0.05) is 18.2 Å². The van der Waals surface area contributed by atoms with Crippen LogP contribution in [0.3, 0.4) is 0 Å². The molecule has 0 aliphatic carbocycles. The third-order valence-corrected chi connectivity index (χ3v) is 2.19. The Morgan fingerprint density at radius 1 is 0.812 bits per heavy atom. The number of aromatic hydroxyl groups is 1. The van der Waals surface area contributed by atoms with Crippen molar-refractivity contribution in [2.75, 3.05) is 0 Å². The van der Waals surface area contributed by atoms with E-state index in [9.17, 15) is 18.3 Å². The molecule has 0 aliphatic heterocycles. The van der Waals surface area contributed by atoms with Crippen molar-refractivity contribution in [3.05, 3.63) is 53.8 Å². The molecule has 0 atom stereocenters. The van der Waals surface area contributed by atoms with Crippen molar-refractivity contribution in [2.45, 2.75) is 0 Å². The van der Waals surface area contributed by atoms with Crippen molar-refractivity contribution in [3.8, 4) is 16.9 Å². The summed E-state index contributed by atoms with van der Waals surface area (Å²) in [5.41, 5.74) is -0.242. The van der Waals surface area contributed by atoms with Gasteiger partial charge in [-0.3, -0.25) is 0 Å². The zero-order valence-electron chi connectivity index (χ0n) is 8.05. The predicted molar refractivity (Wildman–Crippen MR) is 53.4 cm³/mol. The lowest BCUT2D eigenvalue weighted by Crippen LogP contribution is -1.89. The molecule has 0 saturated heterocycles. The number of phenolic OH excluding ortho intramolecular Hbond substituents is 1. The van der Waals surface area contributed by atoms with Crippen molar-refractivity contribution in [3.63, 3.8) is 0 Å². The van der Waals surface area contributed by atoms with Crippen LogP contribution in [0.1, 0.15) is 0 Å². The smallest absolute Gasteiger partial charge is 0.168 e. The van der Waals surface area contributed by atoms with Crippen LogP contribution in [0.15, 0.2) is 36.4 Å². The summed E-state index contributed by atoms with van der Waals surface area (Å²) in [6.45, 7) is 0. The lowest BCUT2D eigenvalue weighted by molar-refractivity contribution is 0.429. The second kappa shape index (κ2) is 3.89.